The van der Waals surface area contributed by atoms with Crippen molar-refractivity contribution in [2.24, 2.45) is 5.73 Å². The Morgan fingerprint density at radius 1 is 1.47 bits per heavy atom. The lowest BCUT2D eigenvalue weighted by atomic mass is 9.95. The second-order valence-electron chi connectivity index (χ2n) is 5.53. The molecule has 4 heteroatoms. The van der Waals surface area contributed by atoms with E-state index in [9.17, 15) is 4.79 Å². The van der Waals surface area contributed by atoms with Gasteiger partial charge in [0.15, 0.2) is 0 Å². The average Bonchev–Trinajstić information content (AvgIpc) is 2.87. The molecule has 0 saturated heterocycles. The summed E-state index contributed by atoms with van der Waals surface area (Å²) in [5.41, 5.74) is 7.08. The molecule has 1 aromatic rings. The Balaban J connectivity index is 1.82. The number of carbonyl (C=O) groups is 1. The summed E-state index contributed by atoms with van der Waals surface area (Å²) in [4.78, 5) is 12.0. The number of rotatable bonds is 5. The second kappa shape index (κ2) is 6.75. The predicted molar refractivity (Wildman–Crippen MR) is 76.7 cm³/mol. The van der Waals surface area contributed by atoms with Crippen molar-refractivity contribution < 1.29 is 4.79 Å². The van der Waals surface area contributed by atoms with Crippen molar-refractivity contribution in [3.8, 4) is 0 Å². The lowest BCUT2D eigenvalue weighted by molar-refractivity contribution is -0.122. The van der Waals surface area contributed by atoms with Gasteiger partial charge < -0.3 is 15.6 Å². The first-order valence-corrected chi connectivity index (χ1v) is 7.39. The number of carbonyl (C=O) groups excluding carboxylic acids is 1. The van der Waals surface area contributed by atoms with Gasteiger partial charge in [0.25, 0.3) is 0 Å². The molecule has 1 aromatic heterocycles. The topological polar surface area (TPSA) is 60.0 Å². The van der Waals surface area contributed by atoms with Crippen LogP contribution in [0.3, 0.4) is 0 Å². The van der Waals surface area contributed by atoms with E-state index in [1.165, 1.54) is 19.3 Å². The maximum atomic E-state index is 12.0. The number of nitrogens with two attached hydrogens (primary N) is 1. The van der Waals surface area contributed by atoms with Gasteiger partial charge in [0, 0.05) is 24.5 Å². The smallest absolute Gasteiger partial charge is 0.240 e. The third kappa shape index (κ3) is 4.10. The normalized spacial score (nSPS) is 18.2. The molecule has 0 aromatic carbocycles. The molecule has 19 heavy (non-hydrogen) atoms. The Bertz CT molecular complexity index is 407. The summed E-state index contributed by atoms with van der Waals surface area (Å²) in [5.74, 6) is 0.110. The van der Waals surface area contributed by atoms with Crippen LogP contribution in [0.5, 0.6) is 0 Å². The zero-order chi connectivity index (χ0) is 13.7. The third-order valence-corrected chi connectivity index (χ3v) is 3.94. The standard InChI is InChI=1S/C15H25N3O/c1-2-14(16)12-8-9-18(10-12)11-15(19)17-13-6-4-3-5-7-13/h8-10,13-14H,2-7,11,16H2,1H3,(H,17,19). The summed E-state index contributed by atoms with van der Waals surface area (Å²) in [6.07, 6.45) is 10.9. The van der Waals surface area contributed by atoms with Crippen LogP contribution in [0.25, 0.3) is 0 Å². The molecule has 4 nitrogen and oxygen atoms in total. The minimum Gasteiger partial charge on any atom is -0.352 e. The van der Waals surface area contributed by atoms with Crippen LogP contribution in [-0.4, -0.2) is 16.5 Å². The molecule has 106 valence electrons. The second-order valence-corrected chi connectivity index (χ2v) is 5.53. The maximum Gasteiger partial charge on any atom is 0.240 e. The highest BCUT2D eigenvalue weighted by Crippen LogP contribution is 2.17. The van der Waals surface area contributed by atoms with Crippen molar-refractivity contribution in [1.82, 2.24) is 9.88 Å². The first-order chi connectivity index (χ1) is 9.19. The van der Waals surface area contributed by atoms with Gasteiger partial charge in [0.05, 0.1) is 0 Å². The SMILES string of the molecule is CCC(N)c1ccn(CC(=O)NC2CCCCC2)c1. The summed E-state index contributed by atoms with van der Waals surface area (Å²) in [6.45, 7) is 2.46. The molecule has 1 unspecified atom stereocenters. The molecule has 1 aliphatic carbocycles. The number of nitrogens with zero attached hydrogens (tertiary/aromatic N) is 1. The fraction of sp³-hybridized carbons (Fsp3) is 0.667. The molecule has 0 radical (unpaired) electrons. The first-order valence-electron chi connectivity index (χ1n) is 7.39. The van der Waals surface area contributed by atoms with Crippen molar-refractivity contribution in [2.75, 3.05) is 0 Å². The van der Waals surface area contributed by atoms with Crippen molar-refractivity contribution >= 4 is 5.91 Å². The number of amides is 1. The fourth-order valence-electron chi connectivity index (χ4n) is 2.70. The fourth-order valence-corrected chi connectivity index (χ4v) is 2.70. The summed E-state index contributed by atoms with van der Waals surface area (Å²) in [7, 11) is 0. The summed E-state index contributed by atoms with van der Waals surface area (Å²) >= 11 is 0. The lowest BCUT2D eigenvalue weighted by Gasteiger charge is -2.22. The molecule has 1 atom stereocenters. The van der Waals surface area contributed by atoms with Crippen LogP contribution in [0.2, 0.25) is 0 Å². The first kappa shape index (κ1) is 14.1. The molecule has 3 N–H and O–H groups in total. The quantitative estimate of drug-likeness (QED) is 0.856. The van der Waals surface area contributed by atoms with Gasteiger partial charge in [-0.05, 0) is 30.9 Å². The zero-order valence-corrected chi connectivity index (χ0v) is 11.8. The highest BCUT2D eigenvalue weighted by Gasteiger charge is 2.15. The van der Waals surface area contributed by atoms with Gasteiger partial charge in [0.2, 0.25) is 5.91 Å². The minimum absolute atomic E-state index is 0.0719. The van der Waals surface area contributed by atoms with E-state index in [2.05, 4.69) is 12.2 Å². The van der Waals surface area contributed by atoms with E-state index in [0.717, 1.165) is 24.8 Å². The van der Waals surface area contributed by atoms with Crippen LogP contribution < -0.4 is 11.1 Å². The number of aromatic nitrogens is 1. The summed E-state index contributed by atoms with van der Waals surface area (Å²) < 4.78 is 1.92. The van der Waals surface area contributed by atoms with Crippen molar-refractivity contribution in [3.05, 3.63) is 24.0 Å². The van der Waals surface area contributed by atoms with Crippen molar-refractivity contribution in [1.29, 1.82) is 0 Å². The summed E-state index contributed by atoms with van der Waals surface area (Å²) in [6, 6.07) is 2.46. The van der Waals surface area contributed by atoms with Crippen LogP contribution in [0.1, 0.15) is 57.1 Å². The van der Waals surface area contributed by atoms with Gasteiger partial charge in [0.1, 0.15) is 6.54 Å². The Morgan fingerprint density at radius 3 is 2.89 bits per heavy atom. The van der Waals surface area contributed by atoms with Gasteiger partial charge >= 0.3 is 0 Å². The molecule has 1 heterocycles. The van der Waals surface area contributed by atoms with Crippen LogP contribution in [-0.2, 0) is 11.3 Å². The Morgan fingerprint density at radius 2 is 2.21 bits per heavy atom. The highest BCUT2D eigenvalue weighted by molar-refractivity contribution is 5.76. The molecule has 0 spiro atoms. The Labute approximate surface area is 115 Å². The Hall–Kier alpha value is -1.29. The minimum atomic E-state index is 0.0719. The van der Waals surface area contributed by atoms with Gasteiger partial charge in [-0.1, -0.05) is 26.2 Å². The van der Waals surface area contributed by atoms with Crippen molar-refractivity contribution in [2.45, 2.75) is 64.1 Å². The van der Waals surface area contributed by atoms with Crippen LogP contribution in [0.15, 0.2) is 18.5 Å². The highest BCUT2D eigenvalue weighted by atomic mass is 16.2. The van der Waals surface area contributed by atoms with E-state index in [0.29, 0.717) is 12.6 Å². The molecule has 0 bridgehead atoms. The lowest BCUT2D eigenvalue weighted by Crippen LogP contribution is -2.38. The van der Waals surface area contributed by atoms with Gasteiger partial charge in [-0.2, -0.15) is 0 Å². The van der Waals surface area contributed by atoms with E-state index >= 15 is 0 Å². The molecular formula is C15H25N3O. The average molecular weight is 263 g/mol. The van der Waals surface area contributed by atoms with E-state index in [4.69, 9.17) is 5.73 Å². The molecule has 1 aliphatic rings. The molecule has 0 aliphatic heterocycles. The van der Waals surface area contributed by atoms with E-state index < -0.39 is 0 Å². The largest absolute Gasteiger partial charge is 0.352 e. The van der Waals surface area contributed by atoms with E-state index in [1.807, 2.05) is 23.0 Å². The van der Waals surface area contributed by atoms with Crippen LogP contribution in [0.4, 0.5) is 0 Å². The third-order valence-electron chi connectivity index (χ3n) is 3.94. The number of hydrogen-bond acceptors (Lipinski definition) is 2. The molecule has 2 rings (SSSR count). The molecule has 1 amide bonds. The maximum absolute atomic E-state index is 12.0. The zero-order valence-electron chi connectivity index (χ0n) is 11.8. The van der Waals surface area contributed by atoms with Gasteiger partial charge in [-0.3, -0.25) is 4.79 Å². The van der Waals surface area contributed by atoms with Crippen LogP contribution in [0, 0.1) is 0 Å². The number of hydrogen-bond donors (Lipinski definition) is 2. The molecule has 1 fully saturated rings. The van der Waals surface area contributed by atoms with Gasteiger partial charge in [-0.15, -0.1) is 0 Å². The Kier molecular flexibility index (Phi) is 5.02. The molecule has 1 saturated carbocycles. The van der Waals surface area contributed by atoms with Gasteiger partial charge in [-0.25, -0.2) is 0 Å². The van der Waals surface area contributed by atoms with E-state index in [-0.39, 0.29) is 11.9 Å². The summed E-state index contributed by atoms with van der Waals surface area (Å²) in [5, 5.41) is 3.13. The van der Waals surface area contributed by atoms with E-state index in [1.54, 1.807) is 0 Å². The monoisotopic (exact) mass is 263 g/mol. The predicted octanol–water partition coefficient (Wildman–Crippen LogP) is 2.35. The van der Waals surface area contributed by atoms with Crippen LogP contribution >= 0.6 is 0 Å². The molecular weight excluding hydrogens is 238 g/mol. The van der Waals surface area contributed by atoms with Crippen molar-refractivity contribution in [3.63, 3.8) is 0 Å². The number of nitrogens with one attached hydrogen (secondary N) is 1.